The fraction of sp³-hybridized carbons (Fsp3) is 0.625. The van der Waals surface area contributed by atoms with Gasteiger partial charge >= 0.3 is 0 Å². The summed E-state index contributed by atoms with van der Waals surface area (Å²) >= 11 is 6.38. The fourth-order valence-electron chi connectivity index (χ4n) is 2.65. The van der Waals surface area contributed by atoms with Gasteiger partial charge in [-0.1, -0.05) is 24.1 Å². The molecule has 2 rings (SSSR count). The zero-order valence-corrected chi connectivity index (χ0v) is 12.8. The molecule has 1 saturated carbocycles. The molecule has 0 aromatic heterocycles. The molecule has 1 aromatic rings. The van der Waals surface area contributed by atoms with Gasteiger partial charge in [-0.3, -0.25) is 0 Å². The van der Waals surface area contributed by atoms with Crippen LogP contribution >= 0.6 is 11.6 Å². The van der Waals surface area contributed by atoms with Gasteiger partial charge in [-0.25, -0.2) is 0 Å². The number of hydrogen-bond acceptors (Lipinski definition) is 2. The third kappa shape index (κ3) is 3.87. The van der Waals surface area contributed by atoms with Crippen molar-refractivity contribution in [2.45, 2.75) is 45.6 Å². The smallest absolute Gasteiger partial charge is 0.0459 e. The average molecular weight is 281 g/mol. The highest BCUT2D eigenvalue weighted by atomic mass is 35.5. The number of hydrogen-bond donors (Lipinski definition) is 1. The van der Waals surface area contributed by atoms with Gasteiger partial charge in [0.1, 0.15) is 0 Å². The second kappa shape index (κ2) is 6.62. The van der Waals surface area contributed by atoms with E-state index in [2.05, 4.69) is 30.0 Å². The SMILES string of the molecule is CCN(CC1CCC1)c1ccc(CC(C)N)c(Cl)c1. The van der Waals surface area contributed by atoms with Gasteiger partial charge in [0, 0.05) is 29.8 Å². The van der Waals surface area contributed by atoms with E-state index in [9.17, 15) is 0 Å². The van der Waals surface area contributed by atoms with Crippen LogP contribution in [0.4, 0.5) is 5.69 Å². The monoisotopic (exact) mass is 280 g/mol. The lowest BCUT2D eigenvalue weighted by Gasteiger charge is -2.33. The standard InChI is InChI=1S/C16H25ClN2/c1-3-19(11-13-5-4-6-13)15-8-7-14(9-12(2)18)16(17)10-15/h7-8,10,12-13H,3-6,9,11,18H2,1-2H3. The molecule has 0 amide bonds. The number of nitrogens with two attached hydrogens (primary N) is 1. The number of halogens is 1. The molecular formula is C16H25ClN2. The number of anilines is 1. The maximum Gasteiger partial charge on any atom is 0.0459 e. The van der Waals surface area contributed by atoms with Gasteiger partial charge in [0.05, 0.1) is 0 Å². The summed E-state index contributed by atoms with van der Waals surface area (Å²) in [5.41, 5.74) is 8.24. The maximum absolute atomic E-state index is 6.38. The normalized spacial score (nSPS) is 17.1. The van der Waals surface area contributed by atoms with Crippen LogP contribution in [0.3, 0.4) is 0 Å². The molecule has 19 heavy (non-hydrogen) atoms. The van der Waals surface area contributed by atoms with E-state index in [0.717, 1.165) is 29.5 Å². The topological polar surface area (TPSA) is 29.3 Å². The predicted octanol–water partition coefficient (Wildman–Crippen LogP) is 3.86. The van der Waals surface area contributed by atoms with E-state index in [1.54, 1.807) is 0 Å². The number of rotatable bonds is 6. The summed E-state index contributed by atoms with van der Waals surface area (Å²) in [5, 5.41) is 0.849. The molecule has 3 heteroatoms. The van der Waals surface area contributed by atoms with E-state index in [-0.39, 0.29) is 6.04 Å². The van der Waals surface area contributed by atoms with Crippen molar-refractivity contribution >= 4 is 17.3 Å². The van der Waals surface area contributed by atoms with E-state index in [1.165, 1.54) is 31.5 Å². The molecular weight excluding hydrogens is 256 g/mol. The minimum absolute atomic E-state index is 0.153. The largest absolute Gasteiger partial charge is 0.371 e. The van der Waals surface area contributed by atoms with Gasteiger partial charge in [-0.2, -0.15) is 0 Å². The molecule has 1 aromatic carbocycles. The summed E-state index contributed by atoms with van der Waals surface area (Å²) in [6.07, 6.45) is 5.00. The molecule has 1 aliphatic carbocycles. The van der Waals surface area contributed by atoms with Crippen LogP contribution in [0.1, 0.15) is 38.7 Å². The summed E-state index contributed by atoms with van der Waals surface area (Å²) < 4.78 is 0. The quantitative estimate of drug-likeness (QED) is 0.857. The minimum atomic E-state index is 0.153. The Labute approximate surface area is 121 Å². The first kappa shape index (κ1) is 14.7. The summed E-state index contributed by atoms with van der Waals surface area (Å²) in [4.78, 5) is 2.44. The van der Waals surface area contributed by atoms with Gasteiger partial charge in [-0.15, -0.1) is 0 Å². The van der Waals surface area contributed by atoms with Crippen molar-refractivity contribution in [2.75, 3.05) is 18.0 Å². The lowest BCUT2D eigenvalue weighted by molar-refractivity contribution is 0.318. The Bertz CT molecular complexity index is 413. The second-order valence-corrected chi connectivity index (χ2v) is 6.20. The van der Waals surface area contributed by atoms with Crippen molar-refractivity contribution in [1.82, 2.24) is 0 Å². The van der Waals surface area contributed by atoms with Crippen LogP contribution in [0.5, 0.6) is 0 Å². The summed E-state index contributed by atoms with van der Waals surface area (Å²) in [5.74, 6) is 0.877. The maximum atomic E-state index is 6.38. The molecule has 0 bridgehead atoms. The Morgan fingerprint density at radius 2 is 2.16 bits per heavy atom. The van der Waals surface area contributed by atoms with Crippen LogP contribution in [0.25, 0.3) is 0 Å². The minimum Gasteiger partial charge on any atom is -0.371 e. The zero-order valence-electron chi connectivity index (χ0n) is 12.0. The third-order valence-electron chi connectivity index (χ3n) is 4.03. The van der Waals surface area contributed by atoms with Gasteiger partial charge in [0.25, 0.3) is 0 Å². The molecule has 1 unspecified atom stereocenters. The van der Waals surface area contributed by atoms with E-state index in [1.807, 2.05) is 6.92 Å². The first-order chi connectivity index (χ1) is 9.10. The summed E-state index contributed by atoms with van der Waals surface area (Å²) in [6.45, 7) is 6.43. The fourth-order valence-corrected chi connectivity index (χ4v) is 2.90. The Kier molecular flexibility index (Phi) is 5.12. The second-order valence-electron chi connectivity index (χ2n) is 5.79. The van der Waals surface area contributed by atoms with Crippen molar-refractivity contribution in [3.05, 3.63) is 28.8 Å². The summed E-state index contributed by atoms with van der Waals surface area (Å²) in [6, 6.07) is 6.57. The Hall–Kier alpha value is -0.730. The molecule has 0 radical (unpaired) electrons. The lowest BCUT2D eigenvalue weighted by atomic mass is 9.85. The summed E-state index contributed by atoms with van der Waals surface area (Å²) in [7, 11) is 0. The average Bonchev–Trinajstić information content (AvgIpc) is 2.30. The highest BCUT2D eigenvalue weighted by Crippen LogP contribution is 2.30. The molecule has 0 heterocycles. The molecule has 0 aliphatic heterocycles. The van der Waals surface area contributed by atoms with Crippen molar-refractivity contribution in [3.8, 4) is 0 Å². The van der Waals surface area contributed by atoms with E-state index >= 15 is 0 Å². The van der Waals surface area contributed by atoms with Crippen LogP contribution in [-0.2, 0) is 6.42 Å². The van der Waals surface area contributed by atoms with Crippen molar-refractivity contribution in [2.24, 2.45) is 11.7 Å². The molecule has 2 N–H and O–H groups in total. The van der Waals surface area contributed by atoms with Crippen molar-refractivity contribution in [1.29, 1.82) is 0 Å². The Balaban J connectivity index is 2.07. The Morgan fingerprint density at radius 1 is 1.42 bits per heavy atom. The lowest BCUT2D eigenvalue weighted by Crippen LogP contribution is -2.32. The van der Waals surface area contributed by atoms with Crippen LogP contribution in [0, 0.1) is 5.92 Å². The van der Waals surface area contributed by atoms with E-state index in [0.29, 0.717) is 0 Å². The van der Waals surface area contributed by atoms with E-state index < -0.39 is 0 Å². The molecule has 0 spiro atoms. The first-order valence-corrected chi connectivity index (χ1v) is 7.77. The van der Waals surface area contributed by atoms with Gasteiger partial charge in [-0.05, 0) is 56.7 Å². The van der Waals surface area contributed by atoms with Gasteiger partial charge in [0.2, 0.25) is 0 Å². The van der Waals surface area contributed by atoms with Gasteiger partial charge in [0.15, 0.2) is 0 Å². The number of benzene rings is 1. The van der Waals surface area contributed by atoms with Crippen LogP contribution in [-0.4, -0.2) is 19.1 Å². The van der Waals surface area contributed by atoms with Crippen molar-refractivity contribution in [3.63, 3.8) is 0 Å². The van der Waals surface area contributed by atoms with Gasteiger partial charge < -0.3 is 10.6 Å². The van der Waals surface area contributed by atoms with Crippen LogP contribution in [0.15, 0.2) is 18.2 Å². The highest BCUT2D eigenvalue weighted by Gasteiger charge is 2.20. The van der Waals surface area contributed by atoms with Crippen molar-refractivity contribution < 1.29 is 0 Å². The molecule has 106 valence electrons. The molecule has 1 aliphatic rings. The third-order valence-corrected chi connectivity index (χ3v) is 4.38. The van der Waals surface area contributed by atoms with E-state index in [4.69, 9.17) is 17.3 Å². The Morgan fingerprint density at radius 3 is 2.63 bits per heavy atom. The van der Waals surface area contributed by atoms with Crippen LogP contribution in [0.2, 0.25) is 5.02 Å². The predicted molar refractivity (Wildman–Crippen MR) is 84.0 cm³/mol. The molecule has 0 saturated heterocycles. The zero-order chi connectivity index (χ0) is 13.8. The molecule has 1 fully saturated rings. The molecule has 2 nitrogen and oxygen atoms in total. The number of nitrogens with zero attached hydrogens (tertiary/aromatic N) is 1. The molecule has 1 atom stereocenters. The highest BCUT2D eigenvalue weighted by molar-refractivity contribution is 6.31. The van der Waals surface area contributed by atoms with Crippen LogP contribution < -0.4 is 10.6 Å². The first-order valence-electron chi connectivity index (χ1n) is 7.39.